The van der Waals surface area contributed by atoms with Crippen LogP contribution in [0.3, 0.4) is 0 Å². The third-order valence-corrected chi connectivity index (χ3v) is 5.19. The maximum Gasteiger partial charge on any atom is 0.256 e. The number of anilines is 1. The molecule has 0 bridgehead atoms. The van der Waals surface area contributed by atoms with E-state index >= 15 is 0 Å². The van der Waals surface area contributed by atoms with Gasteiger partial charge in [-0.25, -0.2) is 8.42 Å². The summed E-state index contributed by atoms with van der Waals surface area (Å²) in [7, 11) is -3.45. The second-order valence-corrected chi connectivity index (χ2v) is 7.22. The maximum absolute atomic E-state index is 12.4. The summed E-state index contributed by atoms with van der Waals surface area (Å²) >= 11 is 0. The normalized spacial score (nSPS) is 11.2. The van der Waals surface area contributed by atoms with Crippen LogP contribution in [0.1, 0.15) is 29.3 Å². The highest BCUT2D eigenvalue weighted by atomic mass is 32.2. The number of sulfone groups is 1. The zero-order valence-electron chi connectivity index (χ0n) is 12.7. The standard InChI is InChI=1S/C17H19NO3S/c1-3-11-22(20,21)16-10-5-4-9-15(16)17(19)18-14-8-6-7-13(2)12-14/h4-10,12H,3,11H2,1-2H3,(H,18,19). The van der Waals surface area contributed by atoms with Crippen molar-refractivity contribution in [2.45, 2.75) is 25.2 Å². The Bertz CT molecular complexity index is 782. The first-order valence-electron chi connectivity index (χ1n) is 7.14. The van der Waals surface area contributed by atoms with E-state index < -0.39 is 15.7 Å². The Kier molecular flexibility index (Phi) is 4.98. The number of carbonyl (C=O) groups excluding carboxylic acids is 1. The van der Waals surface area contributed by atoms with Gasteiger partial charge in [-0.1, -0.05) is 31.2 Å². The molecular formula is C17H19NO3S. The highest BCUT2D eigenvalue weighted by Crippen LogP contribution is 2.20. The van der Waals surface area contributed by atoms with Gasteiger partial charge in [0.25, 0.3) is 5.91 Å². The highest BCUT2D eigenvalue weighted by molar-refractivity contribution is 7.91. The van der Waals surface area contributed by atoms with Gasteiger partial charge in [0.2, 0.25) is 0 Å². The predicted molar refractivity (Wildman–Crippen MR) is 87.9 cm³/mol. The van der Waals surface area contributed by atoms with E-state index in [1.807, 2.05) is 25.1 Å². The number of aryl methyl sites for hydroxylation is 1. The summed E-state index contributed by atoms with van der Waals surface area (Å²) in [6, 6.07) is 13.7. The van der Waals surface area contributed by atoms with Crippen LogP contribution in [-0.2, 0) is 9.84 Å². The molecule has 0 aliphatic rings. The van der Waals surface area contributed by atoms with Crippen molar-refractivity contribution in [1.82, 2.24) is 0 Å². The van der Waals surface area contributed by atoms with Crippen molar-refractivity contribution in [3.05, 3.63) is 59.7 Å². The fourth-order valence-corrected chi connectivity index (χ4v) is 3.76. The summed E-state index contributed by atoms with van der Waals surface area (Å²) < 4.78 is 24.6. The third kappa shape index (κ3) is 3.74. The molecule has 4 nitrogen and oxygen atoms in total. The Labute approximate surface area is 131 Å². The number of rotatable bonds is 5. The zero-order valence-corrected chi connectivity index (χ0v) is 13.5. The van der Waals surface area contributed by atoms with E-state index in [4.69, 9.17) is 0 Å². The zero-order chi connectivity index (χ0) is 16.2. The molecule has 5 heteroatoms. The Morgan fingerprint density at radius 3 is 2.50 bits per heavy atom. The molecule has 0 heterocycles. The smallest absolute Gasteiger partial charge is 0.256 e. The van der Waals surface area contributed by atoms with Crippen LogP contribution in [-0.4, -0.2) is 20.1 Å². The van der Waals surface area contributed by atoms with Gasteiger partial charge < -0.3 is 5.32 Å². The van der Waals surface area contributed by atoms with Crippen LogP contribution in [0.15, 0.2) is 53.4 Å². The molecule has 0 saturated heterocycles. The summed E-state index contributed by atoms with van der Waals surface area (Å²) in [4.78, 5) is 12.5. The fourth-order valence-electron chi connectivity index (χ4n) is 2.23. The van der Waals surface area contributed by atoms with Gasteiger partial charge in [-0.3, -0.25) is 4.79 Å². The first-order chi connectivity index (χ1) is 10.4. The summed E-state index contributed by atoms with van der Waals surface area (Å²) in [6.45, 7) is 3.72. The monoisotopic (exact) mass is 317 g/mol. The largest absolute Gasteiger partial charge is 0.322 e. The lowest BCUT2D eigenvalue weighted by Gasteiger charge is -2.11. The molecule has 0 radical (unpaired) electrons. The quantitative estimate of drug-likeness (QED) is 0.919. The number of amides is 1. The topological polar surface area (TPSA) is 63.2 Å². The van der Waals surface area contributed by atoms with Crippen molar-refractivity contribution in [1.29, 1.82) is 0 Å². The average Bonchev–Trinajstić information content (AvgIpc) is 2.47. The summed E-state index contributed by atoms with van der Waals surface area (Å²) in [5.74, 6) is -0.386. The van der Waals surface area contributed by atoms with E-state index in [1.165, 1.54) is 12.1 Å². The summed E-state index contributed by atoms with van der Waals surface area (Å²) in [5.41, 5.74) is 1.84. The van der Waals surface area contributed by atoms with Gasteiger partial charge >= 0.3 is 0 Å². The second-order valence-electron chi connectivity index (χ2n) is 5.14. The van der Waals surface area contributed by atoms with Crippen molar-refractivity contribution < 1.29 is 13.2 Å². The first kappa shape index (κ1) is 16.2. The number of nitrogens with one attached hydrogen (secondary N) is 1. The Morgan fingerprint density at radius 2 is 1.82 bits per heavy atom. The Hall–Kier alpha value is -2.14. The number of carbonyl (C=O) groups is 1. The van der Waals surface area contributed by atoms with Gasteiger partial charge in [-0.15, -0.1) is 0 Å². The lowest BCUT2D eigenvalue weighted by atomic mass is 10.2. The molecule has 22 heavy (non-hydrogen) atoms. The molecule has 1 N–H and O–H groups in total. The van der Waals surface area contributed by atoms with Gasteiger partial charge in [0.1, 0.15) is 0 Å². The third-order valence-electron chi connectivity index (χ3n) is 3.22. The van der Waals surface area contributed by atoms with E-state index in [0.29, 0.717) is 12.1 Å². The van der Waals surface area contributed by atoms with Crippen LogP contribution >= 0.6 is 0 Å². The lowest BCUT2D eigenvalue weighted by molar-refractivity contribution is 0.102. The van der Waals surface area contributed by atoms with Crippen LogP contribution in [0, 0.1) is 6.92 Å². The molecule has 0 aliphatic carbocycles. The van der Waals surface area contributed by atoms with Crippen LogP contribution in [0.2, 0.25) is 0 Å². The predicted octanol–water partition coefficient (Wildman–Crippen LogP) is 3.43. The molecule has 0 atom stereocenters. The minimum absolute atomic E-state index is 0.0295. The molecular weight excluding hydrogens is 298 g/mol. The van der Waals surface area contributed by atoms with E-state index in [9.17, 15) is 13.2 Å². The molecule has 2 aromatic carbocycles. The molecule has 0 fully saturated rings. The van der Waals surface area contributed by atoms with Crippen LogP contribution in [0.4, 0.5) is 5.69 Å². The van der Waals surface area contributed by atoms with Crippen LogP contribution < -0.4 is 5.32 Å². The van der Waals surface area contributed by atoms with Crippen molar-refractivity contribution in [3.63, 3.8) is 0 Å². The second kappa shape index (κ2) is 6.75. The highest BCUT2D eigenvalue weighted by Gasteiger charge is 2.21. The van der Waals surface area contributed by atoms with Gasteiger partial charge in [-0.05, 0) is 43.2 Å². The molecule has 0 saturated carbocycles. The van der Waals surface area contributed by atoms with Gasteiger partial charge in [0, 0.05) is 5.69 Å². The SMILES string of the molecule is CCCS(=O)(=O)c1ccccc1C(=O)Nc1cccc(C)c1. The fraction of sp³-hybridized carbons (Fsp3) is 0.235. The number of hydrogen-bond donors (Lipinski definition) is 1. The molecule has 2 aromatic rings. The minimum Gasteiger partial charge on any atom is -0.322 e. The van der Waals surface area contributed by atoms with Crippen molar-refractivity contribution in [2.75, 3.05) is 11.1 Å². The molecule has 0 aromatic heterocycles. The van der Waals surface area contributed by atoms with Crippen molar-refractivity contribution in [3.8, 4) is 0 Å². The van der Waals surface area contributed by atoms with E-state index in [2.05, 4.69) is 5.32 Å². The Morgan fingerprint density at radius 1 is 1.09 bits per heavy atom. The van der Waals surface area contributed by atoms with Crippen LogP contribution in [0.5, 0.6) is 0 Å². The minimum atomic E-state index is -3.45. The maximum atomic E-state index is 12.4. The van der Waals surface area contributed by atoms with Gasteiger partial charge in [0.15, 0.2) is 9.84 Å². The lowest BCUT2D eigenvalue weighted by Crippen LogP contribution is -2.17. The average molecular weight is 317 g/mol. The summed E-state index contributed by atoms with van der Waals surface area (Å²) in [6.07, 6.45) is 0.510. The van der Waals surface area contributed by atoms with E-state index in [-0.39, 0.29) is 16.2 Å². The van der Waals surface area contributed by atoms with Crippen molar-refractivity contribution >= 4 is 21.4 Å². The van der Waals surface area contributed by atoms with Crippen molar-refractivity contribution in [2.24, 2.45) is 0 Å². The molecule has 1 amide bonds. The van der Waals surface area contributed by atoms with Gasteiger partial charge in [-0.2, -0.15) is 0 Å². The number of hydrogen-bond acceptors (Lipinski definition) is 3. The molecule has 116 valence electrons. The molecule has 0 aliphatic heterocycles. The molecule has 0 unspecified atom stereocenters. The van der Waals surface area contributed by atoms with E-state index in [0.717, 1.165) is 5.56 Å². The van der Waals surface area contributed by atoms with Gasteiger partial charge in [0.05, 0.1) is 16.2 Å². The first-order valence-corrected chi connectivity index (χ1v) is 8.79. The molecule has 0 spiro atoms. The molecule has 2 rings (SSSR count). The summed E-state index contributed by atoms with van der Waals surface area (Å²) in [5, 5.41) is 2.75. The number of benzene rings is 2. The van der Waals surface area contributed by atoms with Crippen LogP contribution in [0.25, 0.3) is 0 Å². The van der Waals surface area contributed by atoms with E-state index in [1.54, 1.807) is 25.1 Å². The Balaban J connectivity index is 2.35.